The van der Waals surface area contributed by atoms with Crippen molar-refractivity contribution in [3.8, 4) is 0 Å². The standard InChI is InChI=1S/C24H21NO2/c1-18-12-14-21(15-13-18)25-23(26)16-22(20-10-6-3-7-11-20)24(25)27-17-19-8-4-2-5-9-19/h2-16,24H,17H2,1H3. The predicted octanol–water partition coefficient (Wildman–Crippen LogP) is 4.97. The molecule has 0 aromatic heterocycles. The minimum Gasteiger partial charge on any atom is -0.349 e. The molecule has 0 spiro atoms. The minimum absolute atomic E-state index is 0.0595. The molecule has 0 radical (unpaired) electrons. The van der Waals surface area contributed by atoms with Gasteiger partial charge in [-0.05, 0) is 30.2 Å². The van der Waals surface area contributed by atoms with Crippen molar-refractivity contribution >= 4 is 17.2 Å². The van der Waals surface area contributed by atoms with Crippen LogP contribution in [0, 0.1) is 6.92 Å². The van der Waals surface area contributed by atoms with Gasteiger partial charge in [0.25, 0.3) is 5.91 Å². The number of benzene rings is 3. The summed E-state index contributed by atoms with van der Waals surface area (Å²) in [7, 11) is 0. The average Bonchev–Trinajstić information content (AvgIpc) is 3.05. The number of anilines is 1. The summed E-state index contributed by atoms with van der Waals surface area (Å²) >= 11 is 0. The molecule has 0 saturated carbocycles. The van der Waals surface area contributed by atoms with E-state index >= 15 is 0 Å². The van der Waals surface area contributed by atoms with Crippen molar-refractivity contribution in [1.29, 1.82) is 0 Å². The van der Waals surface area contributed by atoms with Crippen LogP contribution in [0.5, 0.6) is 0 Å². The number of rotatable bonds is 5. The maximum atomic E-state index is 12.8. The Morgan fingerprint density at radius 3 is 2.15 bits per heavy atom. The minimum atomic E-state index is -0.456. The number of hydrogen-bond donors (Lipinski definition) is 0. The highest BCUT2D eigenvalue weighted by Gasteiger charge is 2.35. The Kier molecular flexibility index (Phi) is 4.86. The van der Waals surface area contributed by atoms with Gasteiger partial charge in [-0.3, -0.25) is 9.69 Å². The number of carbonyl (C=O) groups excluding carboxylic acids is 1. The fraction of sp³-hybridized carbons (Fsp3) is 0.125. The van der Waals surface area contributed by atoms with Crippen molar-refractivity contribution in [1.82, 2.24) is 0 Å². The summed E-state index contributed by atoms with van der Waals surface area (Å²) in [5.74, 6) is -0.0595. The number of amides is 1. The van der Waals surface area contributed by atoms with Crippen LogP contribution in [-0.4, -0.2) is 12.1 Å². The van der Waals surface area contributed by atoms with Gasteiger partial charge in [-0.25, -0.2) is 0 Å². The molecule has 1 aliphatic rings. The van der Waals surface area contributed by atoms with E-state index < -0.39 is 6.23 Å². The van der Waals surface area contributed by atoms with Crippen molar-refractivity contribution in [2.24, 2.45) is 0 Å². The number of hydrogen-bond acceptors (Lipinski definition) is 2. The largest absolute Gasteiger partial charge is 0.349 e. The first-order valence-corrected chi connectivity index (χ1v) is 9.05. The topological polar surface area (TPSA) is 29.5 Å². The predicted molar refractivity (Wildman–Crippen MR) is 108 cm³/mol. The molecular formula is C24H21NO2. The summed E-state index contributed by atoms with van der Waals surface area (Å²) in [6.45, 7) is 2.47. The van der Waals surface area contributed by atoms with E-state index in [4.69, 9.17) is 4.74 Å². The first kappa shape index (κ1) is 17.3. The Bertz CT molecular complexity index is 947. The van der Waals surface area contributed by atoms with Crippen molar-refractivity contribution in [2.75, 3.05) is 4.90 Å². The van der Waals surface area contributed by atoms with Crippen LogP contribution >= 0.6 is 0 Å². The lowest BCUT2D eigenvalue weighted by Gasteiger charge is -2.28. The fourth-order valence-electron chi connectivity index (χ4n) is 3.27. The van der Waals surface area contributed by atoms with Crippen LogP contribution in [0.15, 0.2) is 91.0 Å². The summed E-state index contributed by atoms with van der Waals surface area (Å²) in [5, 5.41) is 0. The molecular weight excluding hydrogens is 334 g/mol. The van der Waals surface area contributed by atoms with Gasteiger partial charge in [0.05, 0.1) is 6.61 Å². The Balaban J connectivity index is 1.67. The molecule has 3 nitrogen and oxygen atoms in total. The summed E-state index contributed by atoms with van der Waals surface area (Å²) in [4.78, 5) is 14.6. The third-order valence-electron chi connectivity index (χ3n) is 4.69. The molecule has 3 aromatic rings. The molecule has 0 N–H and O–H groups in total. The SMILES string of the molecule is Cc1ccc(N2C(=O)C=C(c3ccccc3)C2OCc2ccccc2)cc1. The van der Waals surface area contributed by atoms with Gasteiger partial charge in [0.1, 0.15) is 0 Å². The maximum absolute atomic E-state index is 12.8. The molecule has 134 valence electrons. The van der Waals surface area contributed by atoms with Crippen LogP contribution in [0.3, 0.4) is 0 Å². The summed E-state index contributed by atoms with van der Waals surface area (Å²) in [6, 6.07) is 27.9. The highest BCUT2D eigenvalue weighted by Crippen LogP contribution is 2.34. The summed E-state index contributed by atoms with van der Waals surface area (Å²) < 4.78 is 6.26. The zero-order chi connectivity index (χ0) is 18.6. The highest BCUT2D eigenvalue weighted by molar-refractivity contribution is 6.12. The van der Waals surface area contributed by atoms with Crippen molar-refractivity contribution in [3.63, 3.8) is 0 Å². The molecule has 1 unspecified atom stereocenters. The molecule has 0 aliphatic carbocycles. The zero-order valence-corrected chi connectivity index (χ0v) is 15.2. The van der Waals surface area contributed by atoms with Gasteiger partial charge in [-0.15, -0.1) is 0 Å². The maximum Gasteiger partial charge on any atom is 0.253 e. The van der Waals surface area contributed by atoms with Gasteiger partial charge in [-0.1, -0.05) is 78.4 Å². The van der Waals surface area contributed by atoms with Gasteiger partial charge >= 0.3 is 0 Å². The lowest BCUT2D eigenvalue weighted by molar-refractivity contribution is -0.115. The van der Waals surface area contributed by atoms with Crippen molar-refractivity contribution in [2.45, 2.75) is 19.8 Å². The van der Waals surface area contributed by atoms with E-state index in [0.717, 1.165) is 28.0 Å². The Labute approximate surface area is 159 Å². The van der Waals surface area contributed by atoms with Gasteiger partial charge in [0.2, 0.25) is 0 Å². The van der Waals surface area contributed by atoms with E-state index in [1.165, 1.54) is 0 Å². The summed E-state index contributed by atoms with van der Waals surface area (Å²) in [5.41, 5.74) is 4.96. The number of carbonyl (C=O) groups is 1. The van der Waals surface area contributed by atoms with Crippen LogP contribution in [0.4, 0.5) is 5.69 Å². The summed E-state index contributed by atoms with van der Waals surface area (Å²) in [6.07, 6.45) is 1.23. The first-order valence-electron chi connectivity index (χ1n) is 9.05. The van der Waals surface area contributed by atoms with Crippen LogP contribution in [-0.2, 0) is 16.1 Å². The molecule has 1 amide bonds. The third-order valence-corrected chi connectivity index (χ3v) is 4.69. The Morgan fingerprint density at radius 1 is 0.852 bits per heavy atom. The number of ether oxygens (including phenoxy) is 1. The van der Waals surface area contributed by atoms with E-state index in [-0.39, 0.29) is 5.91 Å². The highest BCUT2D eigenvalue weighted by atomic mass is 16.5. The van der Waals surface area contributed by atoms with Crippen LogP contribution < -0.4 is 4.90 Å². The number of nitrogens with zero attached hydrogens (tertiary/aromatic N) is 1. The normalized spacial score (nSPS) is 16.5. The molecule has 0 fully saturated rings. The van der Waals surface area contributed by atoms with Crippen LogP contribution in [0.2, 0.25) is 0 Å². The van der Waals surface area contributed by atoms with E-state index in [9.17, 15) is 4.79 Å². The van der Waals surface area contributed by atoms with Gasteiger partial charge in [-0.2, -0.15) is 0 Å². The molecule has 3 aromatic carbocycles. The smallest absolute Gasteiger partial charge is 0.253 e. The van der Waals surface area contributed by atoms with E-state index in [1.54, 1.807) is 11.0 Å². The van der Waals surface area contributed by atoms with Crippen molar-refractivity contribution in [3.05, 3.63) is 108 Å². The van der Waals surface area contributed by atoms with E-state index in [0.29, 0.717) is 6.61 Å². The van der Waals surface area contributed by atoms with Gasteiger partial charge < -0.3 is 4.74 Å². The third kappa shape index (κ3) is 3.69. The van der Waals surface area contributed by atoms with Crippen LogP contribution in [0.1, 0.15) is 16.7 Å². The second-order valence-corrected chi connectivity index (χ2v) is 6.66. The molecule has 0 saturated heterocycles. The molecule has 1 heterocycles. The second kappa shape index (κ2) is 7.60. The zero-order valence-electron chi connectivity index (χ0n) is 15.2. The average molecular weight is 355 g/mol. The van der Waals surface area contributed by atoms with Gasteiger partial charge in [0, 0.05) is 17.3 Å². The molecule has 27 heavy (non-hydrogen) atoms. The molecule has 1 aliphatic heterocycles. The molecule has 1 atom stereocenters. The monoisotopic (exact) mass is 355 g/mol. The molecule has 3 heteroatoms. The fourth-order valence-corrected chi connectivity index (χ4v) is 3.27. The van der Waals surface area contributed by atoms with E-state index in [1.807, 2.05) is 91.9 Å². The number of aryl methyl sites for hydroxylation is 1. The van der Waals surface area contributed by atoms with Crippen molar-refractivity contribution < 1.29 is 9.53 Å². The molecule has 4 rings (SSSR count). The molecule has 0 bridgehead atoms. The van der Waals surface area contributed by atoms with E-state index in [2.05, 4.69) is 0 Å². The second-order valence-electron chi connectivity index (χ2n) is 6.66. The quantitative estimate of drug-likeness (QED) is 0.647. The Hall–Kier alpha value is -3.17. The van der Waals surface area contributed by atoms with Crippen LogP contribution in [0.25, 0.3) is 5.57 Å². The Morgan fingerprint density at radius 2 is 1.48 bits per heavy atom. The first-order chi connectivity index (χ1) is 13.2. The lowest BCUT2D eigenvalue weighted by atomic mass is 10.1. The lowest BCUT2D eigenvalue weighted by Crippen LogP contribution is -2.37. The van der Waals surface area contributed by atoms with Gasteiger partial charge in [0.15, 0.2) is 6.23 Å².